The van der Waals surface area contributed by atoms with E-state index in [0.29, 0.717) is 0 Å². The van der Waals surface area contributed by atoms with Crippen LogP contribution in [0.25, 0.3) is 0 Å². The van der Waals surface area contributed by atoms with Gasteiger partial charge in [0.15, 0.2) is 0 Å². The fourth-order valence-electron chi connectivity index (χ4n) is 1.49. The van der Waals surface area contributed by atoms with Crippen LogP contribution in [-0.2, 0) is 17.9 Å². The Morgan fingerprint density at radius 3 is 1.73 bits per heavy atom. The van der Waals surface area contributed by atoms with E-state index in [1.165, 1.54) is 5.56 Å². The molecule has 0 aliphatic rings. The molecule has 0 unspecified atom stereocenters. The van der Waals surface area contributed by atoms with Crippen molar-refractivity contribution in [2.24, 2.45) is 7.05 Å². The van der Waals surface area contributed by atoms with Crippen LogP contribution in [0.4, 0.5) is 0 Å². The molecule has 15 heavy (non-hydrogen) atoms. The third-order valence-electron chi connectivity index (χ3n) is 2.22. The van der Waals surface area contributed by atoms with Gasteiger partial charge in [0.25, 0.3) is 0 Å². The van der Waals surface area contributed by atoms with Gasteiger partial charge in [0.1, 0.15) is 0 Å². The maximum atomic E-state index is 4.51. The second kappa shape index (κ2) is 5.11. The minimum absolute atomic E-state index is 0. The molecular weight excluding hydrogens is 258 g/mol. The van der Waals surface area contributed by atoms with Gasteiger partial charge in [0, 0.05) is 7.05 Å². The maximum Gasteiger partial charge on any atom is 1.00 e. The standard InChI is InChI=1S/C12H21N2.Rb/c1-11(2,3)9-8-14(7)13-10(9)12(4,5)6;/h1-7H3;/q-1;+1. The van der Waals surface area contributed by atoms with E-state index in [4.69, 9.17) is 0 Å². The monoisotopic (exact) mass is 278 g/mol. The summed E-state index contributed by atoms with van der Waals surface area (Å²) in [6.45, 7) is 13.2. The van der Waals surface area contributed by atoms with Crippen LogP contribution in [-0.4, -0.2) is 9.78 Å². The molecule has 1 rings (SSSR count). The summed E-state index contributed by atoms with van der Waals surface area (Å²) in [5, 5.41) is 4.51. The van der Waals surface area contributed by atoms with Gasteiger partial charge in [-0.05, 0) is 5.41 Å². The first-order valence-electron chi connectivity index (χ1n) is 5.09. The van der Waals surface area contributed by atoms with E-state index in [1.807, 2.05) is 7.05 Å². The molecule has 0 aliphatic carbocycles. The Labute approximate surface area is 143 Å². The topological polar surface area (TPSA) is 17.8 Å². The molecule has 2 nitrogen and oxygen atoms in total. The van der Waals surface area contributed by atoms with E-state index in [0.717, 1.165) is 5.69 Å². The Balaban J connectivity index is 0.00000196. The average Bonchev–Trinajstić information content (AvgIpc) is 2.27. The molecule has 0 atom stereocenters. The van der Waals surface area contributed by atoms with Crippen LogP contribution in [0.1, 0.15) is 52.8 Å². The molecule has 0 aromatic carbocycles. The molecule has 0 amide bonds. The molecule has 0 fully saturated rings. The minimum Gasteiger partial charge on any atom is -0.379 e. The van der Waals surface area contributed by atoms with E-state index < -0.39 is 0 Å². The Morgan fingerprint density at radius 2 is 1.47 bits per heavy atom. The van der Waals surface area contributed by atoms with Crippen molar-refractivity contribution >= 4 is 0 Å². The van der Waals surface area contributed by atoms with E-state index in [-0.39, 0.29) is 69.0 Å². The first kappa shape index (κ1) is 16.0. The quantitative estimate of drug-likeness (QED) is 0.602. The van der Waals surface area contributed by atoms with Gasteiger partial charge in [-0.15, -0.1) is 6.20 Å². The molecule has 0 saturated carbocycles. The van der Waals surface area contributed by atoms with Crippen molar-refractivity contribution in [2.45, 2.75) is 52.4 Å². The molecule has 0 bridgehead atoms. The number of aromatic nitrogens is 2. The SMILES string of the molecule is Cn1[c-]c(C(C)(C)C)c(C(C)(C)C)n1.[Rb+]. The van der Waals surface area contributed by atoms with E-state index in [2.05, 4.69) is 52.8 Å². The maximum absolute atomic E-state index is 4.51. The number of rotatable bonds is 0. The van der Waals surface area contributed by atoms with Crippen LogP contribution in [0, 0.1) is 6.20 Å². The van der Waals surface area contributed by atoms with Crippen molar-refractivity contribution in [3.05, 3.63) is 17.5 Å². The second-order valence-electron chi connectivity index (χ2n) is 5.96. The van der Waals surface area contributed by atoms with E-state index in [9.17, 15) is 0 Å². The van der Waals surface area contributed by atoms with Gasteiger partial charge in [-0.1, -0.05) is 52.7 Å². The number of hydrogen-bond donors (Lipinski definition) is 0. The van der Waals surface area contributed by atoms with Crippen LogP contribution < -0.4 is 58.2 Å². The van der Waals surface area contributed by atoms with Crippen molar-refractivity contribution in [3.8, 4) is 0 Å². The first-order chi connectivity index (χ1) is 6.12. The summed E-state index contributed by atoms with van der Waals surface area (Å²) >= 11 is 0. The van der Waals surface area contributed by atoms with Crippen molar-refractivity contribution in [3.63, 3.8) is 0 Å². The van der Waals surface area contributed by atoms with Crippen molar-refractivity contribution in [2.75, 3.05) is 0 Å². The summed E-state index contributed by atoms with van der Waals surface area (Å²) in [5.74, 6) is 0. The van der Waals surface area contributed by atoms with Gasteiger partial charge in [0.05, 0.1) is 0 Å². The van der Waals surface area contributed by atoms with Crippen molar-refractivity contribution in [1.29, 1.82) is 0 Å². The number of aryl methyl sites for hydroxylation is 1. The minimum atomic E-state index is 0. The Hall–Kier alpha value is 1.02. The number of nitrogens with zero attached hydrogens (tertiary/aromatic N) is 2. The summed E-state index contributed by atoms with van der Waals surface area (Å²) in [4.78, 5) is 0. The normalized spacial score (nSPS) is 12.5. The largest absolute Gasteiger partial charge is 1.00 e. The third-order valence-corrected chi connectivity index (χ3v) is 2.22. The second-order valence-corrected chi connectivity index (χ2v) is 5.96. The zero-order valence-corrected chi connectivity index (χ0v) is 16.3. The molecular formula is C12H21N2Rb. The average molecular weight is 279 g/mol. The predicted octanol–water partition coefficient (Wildman–Crippen LogP) is -0.181. The predicted molar refractivity (Wildman–Crippen MR) is 59.4 cm³/mol. The van der Waals surface area contributed by atoms with Crippen LogP contribution in [0.3, 0.4) is 0 Å². The van der Waals surface area contributed by atoms with Gasteiger partial charge in [-0.3, -0.25) is 5.10 Å². The molecule has 0 radical (unpaired) electrons. The van der Waals surface area contributed by atoms with Crippen LogP contribution >= 0.6 is 0 Å². The summed E-state index contributed by atoms with van der Waals surface area (Å²) in [6, 6.07) is 0. The smallest absolute Gasteiger partial charge is 0.379 e. The summed E-state index contributed by atoms with van der Waals surface area (Å²) in [6.07, 6.45) is 3.30. The van der Waals surface area contributed by atoms with Crippen molar-refractivity contribution < 1.29 is 58.2 Å². The van der Waals surface area contributed by atoms with Crippen LogP contribution in [0.15, 0.2) is 0 Å². The van der Waals surface area contributed by atoms with E-state index >= 15 is 0 Å². The summed E-state index contributed by atoms with van der Waals surface area (Å²) < 4.78 is 1.79. The summed E-state index contributed by atoms with van der Waals surface area (Å²) in [7, 11) is 1.94. The molecule has 0 spiro atoms. The molecule has 0 N–H and O–H groups in total. The molecule has 0 saturated heterocycles. The molecule has 3 heteroatoms. The Bertz CT molecular complexity index is 295. The van der Waals surface area contributed by atoms with Crippen molar-refractivity contribution in [1.82, 2.24) is 9.78 Å². The zero-order chi connectivity index (χ0) is 11.1. The molecule has 1 aromatic rings. The molecule has 1 heterocycles. The zero-order valence-electron chi connectivity index (χ0n) is 11.4. The molecule has 0 aliphatic heterocycles. The third kappa shape index (κ3) is 4.06. The van der Waals surface area contributed by atoms with Crippen LogP contribution in [0.2, 0.25) is 0 Å². The van der Waals surface area contributed by atoms with Gasteiger partial charge >= 0.3 is 58.2 Å². The fourth-order valence-corrected chi connectivity index (χ4v) is 1.49. The van der Waals surface area contributed by atoms with Gasteiger partial charge in [0.2, 0.25) is 0 Å². The Morgan fingerprint density at radius 1 is 1.00 bits per heavy atom. The van der Waals surface area contributed by atoms with E-state index in [1.54, 1.807) is 4.68 Å². The van der Waals surface area contributed by atoms with Gasteiger partial charge in [-0.25, -0.2) is 0 Å². The molecule has 1 aromatic heterocycles. The van der Waals surface area contributed by atoms with Crippen LogP contribution in [0.5, 0.6) is 0 Å². The van der Waals surface area contributed by atoms with Gasteiger partial charge in [-0.2, -0.15) is 5.56 Å². The fraction of sp³-hybridized carbons (Fsp3) is 0.750. The Kier molecular flexibility index (Phi) is 5.46. The molecule has 80 valence electrons. The number of hydrogen-bond acceptors (Lipinski definition) is 1. The van der Waals surface area contributed by atoms with Gasteiger partial charge < -0.3 is 4.68 Å². The summed E-state index contributed by atoms with van der Waals surface area (Å²) in [5.41, 5.74) is 2.61. The first-order valence-corrected chi connectivity index (χ1v) is 5.09.